The molecule has 1 saturated heterocycles. The number of nitrogens with one attached hydrogen (secondary N) is 2. The van der Waals surface area contributed by atoms with E-state index >= 15 is 0 Å². The van der Waals surface area contributed by atoms with Gasteiger partial charge in [-0.1, -0.05) is 6.07 Å². The van der Waals surface area contributed by atoms with Crippen molar-refractivity contribution in [2.45, 2.75) is 19.3 Å². The highest BCUT2D eigenvalue weighted by atomic mass is 16.5. The number of methoxy groups -OCH3 is 1. The molecule has 1 aliphatic rings. The Hall–Kier alpha value is -1.22. The Morgan fingerprint density at radius 3 is 3.18 bits per heavy atom. The van der Waals surface area contributed by atoms with Crippen LogP contribution in [0, 0.1) is 5.92 Å². The molecule has 1 heterocycles. The molecule has 1 aromatic carbocycles. The van der Waals surface area contributed by atoms with Crippen LogP contribution in [0.4, 0.5) is 5.69 Å². The Balaban J connectivity index is 1.73. The highest BCUT2D eigenvalue weighted by Gasteiger charge is 2.11. The molecule has 3 heteroatoms. The van der Waals surface area contributed by atoms with Crippen LogP contribution in [-0.4, -0.2) is 26.7 Å². The van der Waals surface area contributed by atoms with Gasteiger partial charge in [0.2, 0.25) is 0 Å². The third-order valence-corrected chi connectivity index (χ3v) is 3.35. The van der Waals surface area contributed by atoms with Gasteiger partial charge >= 0.3 is 0 Å². The number of rotatable bonds is 5. The van der Waals surface area contributed by atoms with Crippen LogP contribution in [0.2, 0.25) is 0 Å². The highest BCUT2D eigenvalue weighted by Crippen LogP contribution is 2.18. The summed E-state index contributed by atoms with van der Waals surface area (Å²) in [6.07, 6.45) is 3.93. The summed E-state index contributed by atoms with van der Waals surface area (Å²) in [7, 11) is 1.70. The van der Waals surface area contributed by atoms with Crippen molar-refractivity contribution in [2.75, 3.05) is 32.1 Å². The van der Waals surface area contributed by atoms with E-state index in [-0.39, 0.29) is 0 Å². The minimum atomic E-state index is 0.835. The molecule has 1 unspecified atom stereocenters. The zero-order valence-electron chi connectivity index (χ0n) is 10.5. The molecule has 17 heavy (non-hydrogen) atoms. The lowest BCUT2D eigenvalue weighted by molar-refractivity contribution is 0.364. The van der Waals surface area contributed by atoms with Crippen molar-refractivity contribution >= 4 is 5.69 Å². The fourth-order valence-electron chi connectivity index (χ4n) is 2.32. The lowest BCUT2D eigenvalue weighted by Gasteiger charge is -2.22. The van der Waals surface area contributed by atoms with Crippen molar-refractivity contribution in [3.05, 3.63) is 24.3 Å². The zero-order valence-corrected chi connectivity index (χ0v) is 10.5. The molecule has 0 radical (unpaired) electrons. The van der Waals surface area contributed by atoms with Crippen molar-refractivity contribution in [2.24, 2.45) is 5.92 Å². The second-order valence-corrected chi connectivity index (χ2v) is 4.66. The molecule has 2 rings (SSSR count). The summed E-state index contributed by atoms with van der Waals surface area (Å²) >= 11 is 0. The Morgan fingerprint density at radius 2 is 2.41 bits per heavy atom. The first-order valence-electron chi connectivity index (χ1n) is 6.47. The molecule has 0 aromatic heterocycles. The molecule has 0 amide bonds. The smallest absolute Gasteiger partial charge is 0.120 e. The summed E-state index contributed by atoms with van der Waals surface area (Å²) in [5.74, 6) is 1.75. The third kappa shape index (κ3) is 3.93. The third-order valence-electron chi connectivity index (χ3n) is 3.35. The van der Waals surface area contributed by atoms with Crippen molar-refractivity contribution in [1.82, 2.24) is 5.32 Å². The van der Waals surface area contributed by atoms with E-state index in [1.807, 2.05) is 18.2 Å². The Bertz CT molecular complexity index is 335. The predicted octanol–water partition coefficient (Wildman–Crippen LogP) is 2.50. The first-order chi connectivity index (χ1) is 8.38. The van der Waals surface area contributed by atoms with E-state index in [2.05, 4.69) is 16.7 Å². The maximum absolute atomic E-state index is 5.20. The fraction of sp³-hybridized carbons (Fsp3) is 0.571. The van der Waals surface area contributed by atoms with E-state index in [9.17, 15) is 0 Å². The van der Waals surface area contributed by atoms with Gasteiger partial charge in [-0.05, 0) is 50.4 Å². The first kappa shape index (κ1) is 12.2. The van der Waals surface area contributed by atoms with E-state index in [0.29, 0.717) is 0 Å². The molecule has 3 nitrogen and oxygen atoms in total. The first-order valence-corrected chi connectivity index (χ1v) is 6.47. The van der Waals surface area contributed by atoms with Crippen molar-refractivity contribution in [3.63, 3.8) is 0 Å². The number of hydrogen-bond acceptors (Lipinski definition) is 3. The summed E-state index contributed by atoms with van der Waals surface area (Å²) < 4.78 is 5.20. The quantitative estimate of drug-likeness (QED) is 0.821. The van der Waals surface area contributed by atoms with Crippen molar-refractivity contribution in [3.8, 4) is 5.75 Å². The molecule has 1 aromatic rings. The number of hydrogen-bond donors (Lipinski definition) is 2. The highest BCUT2D eigenvalue weighted by molar-refractivity contribution is 5.47. The Labute approximate surface area is 104 Å². The monoisotopic (exact) mass is 234 g/mol. The van der Waals surface area contributed by atoms with Gasteiger partial charge < -0.3 is 15.4 Å². The zero-order chi connectivity index (χ0) is 11.9. The van der Waals surface area contributed by atoms with E-state index in [4.69, 9.17) is 4.74 Å². The number of anilines is 1. The molecule has 0 aliphatic carbocycles. The van der Waals surface area contributed by atoms with Gasteiger partial charge in [0.1, 0.15) is 5.75 Å². The molecule has 1 fully saturated rings. The molecule has 1 atom stereocenters. The van der Waals surface area contributed by atoms with Gasteiger partial charge in [0, 0.05) is 18.3 Å². The van der Waals surface area contributed by atoms with Crippen LogP contribution in [0.3, 0.4) is 0 Å². The average Bonchev–Trinajstić information content (AvgIpc) is 2.40. The number of piperidine rings is 1. The maximum Gasteiger partial charge on any atom is 0.120 e. The summed E-state index contributed by atoms with van der Waals surface area (Å²) in [6, 6.07) is 8.11. The van der Waals surface area contributed by atoms with Gasteiger partial charge in [0.25, 0.3) is 0 Å². The minimum Gasteiger partial charge on any atom is -0.497 e. The van der Waals surface area contributed by atoms with E-state index in [0.717, 1.165) is 23.9 Å². The summed E-state index contributed by atoms with van der Waals surface area (Å²) in [5, 5.41) is 6.91. The molecular weight excluding hydrogens is 212 g/mol. The second kappa shape index (κ2) is 6.50. The van der Waals surface area contributed by atoms with Crippen LogP contribution in [-0.2, 0) is 0 Å². The normalized spacial score (nSPS) is 19.9. The lowest BCUT2D eigenvalue weighted by atomic mass is 9.96. The topological polar surface area (TPSA) is 33.3 Å². The van der Waals surface area contributed by atoms with E-state index in [1.54, 1.807) is 7.11 Å². The van der Waals surface area contributed by atoms with Gasteiger partial charge in [0.15, 0.2) is 0 Å². The number of ether oxygens (including phenoxy) is 1. The summed E-state index contributed by atoms with van der Waals surface area (Å²) in [5.41, 5.74) is 1.15. The largest absolute Gasteiger partial charge is 0.497 e. The van der Waals surface area contributed by atoms with Crippen LogP contribution in [0.15, 0.2) is 24.3 Å². The van der Waals surface area contributed by atoms with Gasteiger partial charge in [-0.2, -0.15) is 0 Å². The van der Waals surface area contributed by atoms with E-state index < -0.39 is 0 Å². The lowest BCUT2D eigenvalue weighted by Crippen LogP contribution is -2.30. The van der Waals surface area contributed by atoms with Crippen LogP contribution in [0.25, 0.3) is 0 Å². The Kier molecular flexibility index (Phi) is 4.68. The second-order valence-electron chi connectivity index (χ2n) is 4.66. The van der Waals surface area contributed by atoms with Gasteiger partial charge in [-0.15, -0.1) is 0 Å². The molecule has 0 bridgehead atoms. The molecule has 2 N–H and O–H groups in total. The van der Waals surface area contributed by atoms with Crippen molar-refractivity contribution in [1.29, 1.82) is 0 Å². The maximum atomic E-state index is 5.20. The summed E-state index contributed by atoms with van der Waals surface area (Å²) in [4.78, 5) is 0. The average molecular weight is 234 g/mol. The minimum absolute atomic E-state index is 0.835. The standard InChI is InChI=1S/C14H22N2O/c1-17-14-6-2-5-13(10-14)16-9-7-12-4-3-8-15-11-12/h2,5-6,10,12,15-16H,3-4,7-9,11H2,1H3. The van der Waals surface area contributed by atoms with Gasteiger partial charge in [0.05, 0.1) is 7.11 Å². The van der Waals surface area contributed by atoms with Crippen LogP contribution in [0.1, 0.15) is 19.3 Å². The molecule has 94 valence electrons. The molecule has 0 saturated carbocycles. The predicted molar refractivity (Wildman–Crippen MR) is 71.7 cm³/mol. The molecule has 1 aliphatic heterocycles. The van der Waals surface area contributed by atoms with E-state index in [1.165, 1.54) is 32.4 Å². The number of benzene rings is 1. The molecule has 0 spiro atoms. The van der Waals surface area contributed by atoms with Gasteiger partial charge in [-0.25, -0.2) is 0 Å². The fourth-order valence-corrected chi connectivity index (χ4v) is 2.32. The summed E-state index contributed by atoms with van der Waals surface area (Å²) in [6.45, 7) is 3.42. The SMILES string of the molecule is COc1cccc(NCCC2CCCNC2)c1. The van der Waals surface area contributed by atoms with Crippen LogP contribution < -0.4 is 15.4 Å². The van der Waals surface area contributed by atoms with Crippen LogP contribution >= 0.6 is 0 Å². The van der Waals surface area contributed by atoms with Gasteiger partial charge in [-0.3, -0.25) is 0 Å². The Morgan fingerprint density at radius 1 is 1.47 bits per heavy atom. The van der Waals surface area contributed by atoms with Crippen LogP contribution in [0.5, 0.6) is 5.75 Å². The molecular formula is C14H22N2O. The van der Waals surface area contributed by atoms with Crippen molar-refractivity contribution < 1.29 is 4.74 Å².